The van der Waals surface area contributed by atoms with Crippen LogP contribution in [-0.4, -0.2) is 34.5 Å². The smallest absolute Gasteiger partial charge is 0.427 e. The van der Waals surface area contributed by atoms with E-state index < -0.39 is 6.09 Å². The van der Waals surface area contributed by atoms with Crippen LogP contribution in [0.5, 0.6) is 0 Å². The molecule has 0 aliphatic rings. The number of carbonyl (C=O) groups is 1. The molecule has 0 atom stereocenters. The van der Waals surface area contributed by atoms with Crippen molar-refractivity contribution in [2.45, 2.75) is 0 Å². The second-order valence-corrected chi connectivity index (χ2v) is 2.33. The molecule has 0 spiro atoms. The van der Waals surface area contributed by atoms with E-state index in [9.17, 15) is 4.79 Å². The van der Waals surface area contributed by atoms with Crippen LogP contribution in [-0.2, 0) is 0 Å². The molecule has 0 saturated heterocycles. The minimum absolute atomic E-state index is 0.808. The molecule has 1 N–H and O–H groups in total. The monoisotopic (exact) mass is 179 g/mol. The standard InChI is InChI=1S/C8H9N3O2/c1-11(8(12)13)10-6-7-2-4-9-5-3-7/h2-6H,1H3,(H,12,13)/b10-6+. The van der Waals surface area contributed by atoms with Crippen molar-refractivity contribution in [1.29, 1.82) is 0 Å². The number of aromatic nitrogens is 1. The summed E-state index contributed by atoms with van der Waals surface area (Å²) in [5.74, 6) is 0. The Morgan fingerprint density at radius 3 is 2.77 bits per heavy atom. The van der Waals surface area contributed by atoms with E-state index in [2.05, 4.69) is 10.1 Å². The van der Waals surface area contributed by atoms with Gasteiger partial charge in [-0.3, -0.25) is 4.98 Å². The van der Waals surface area contributed by atoms with E-state index in [0.717, 1.165) is 10.6 Å². The highest BCUT2D eigenvalue weighted by Crippen LogP contribution is 1.92. The molecule has 0 fully saturated rings. The Hall–Kier alpha value is -1.91. The summed E-state index contributed by atoms with van der Waals surface area (Å²) in [5, 5.41) is 13.0. The van der Waals surface area contributed by atoms with Gasteiger partial charge < -0.3 is 5.11 Å². The van der Waals surface area contributed by atoms with Crippen LogP contribution in [0.4, 0.5) is 4.79 Å². The first kappa shape index (κ1) is 9.18. The first-order valence-electron chi connectivity index (χ1n) is 3.61. The summed E-state index contributed by atoms with van der Waals surface area (Å²) < 4.78 is 0. The summed E-state index contributed by atoms with van der Waals surface area (Å²) in [7, 11) is 1.36. The van der Waals surface area contributed by atoms with Crippen LogP contribution in [0.3, 0.4) is 0 Å². The van der Waals surface area contributed by atoms with Crippen LogP contribution in [0.1, 0.15) is 5.56 Å². The molecule has 5 heteroatoms. The Labute approximate surface area is 75.3 Å². The van der Waals surface area contributed by atoms with Crippen molar-refractivity contribution in [3.05, 3.63) is 30.1 Å². The topological polar surface area (TPSA) is 65.8 Å². The summed E-state index contributed by atoms with van der Waals surface area (Å²) in [6.45, 7) is 0. The Morgan fingerprint density at radius 2 is 2.23 bits per heavy atom. The van der Waals surface area contributed by atoms with E-state index in [1.807, 2.05) is 0 Å². The van der Waals surface area contributed by atoms with Crippen LogP contribution in [0.15, 0.2) is 29.6 Å². The van der Waals surface area contributed by atoms with Gasteiger partial charge in [0.25, 0.3) is 0 Å². The van der Waals surface area contributed by atoms with Crippen molar-refractivity contribution in [3.63, 3.8) is 0 Å². The summed E-state index contributed by atoms with van der Waals surface area (Å²) in [6.07, 6.45) is 3.59. The molecular weight excluding hydrogens is 170 g/mol. The molecule has 0 unspecified atom stereocenters. The van der Waals surface area contributed by atoms with Gasteiger partial charge in [0.1, 0.15) is 0 Å². The van der Waals surface area contributed by atoms with Crippen LogP contribution < -0.4 is 0 Å². The third-order valence-corrected chi connectivity index (χ3v) is 1.36. The lowest BCUT2D eigenvalue weighted by Crippen LogP contribution is -2.18. The van der Waals surface area contributed by atoms with Crippen molar-refractivity contribution in [3.8, 4) is 0 Å². The largest absolute Gasteiger partial charge is 0.464 e. The molecule has 1 aromatic heterocycles. The molecule has 1 amide bonds. The van der Waals surface area contributed by atoms with Gasteiger partial charge in [-0.05, 0) is 17.7 Å². The maximum atomic E-state index is 10.3. The van der Waals surface area contributed by atoms with Gasteiger partial charge in [0.05, 0.1) is 6.21 Å². The third-order valence-electron chi connectivity index (χ3n) is 1.36. The van der Waals surface area contributed by atoms with Crippen molar-refractivity contribution in [1.82, 2.24) is 9.99 Å². The van der Waals surface area contributed by atoms with E-state index in [1.54, 1.807) is 24.5 Å². The van der Waals surface area contributed by atoms with Crippen LogP contribution in [0, 0.1) is 0 Å². The van der Waals surface area contributed by atoms with Crippen molar-refractivity contribution in [2.75, 3.05) is 7.05 Å². The quantitative estimate of drug-likeness (QED) is 0.544. The molecule has 0 bridgehead atoms. The highest BCUT2D eigenvalue weighted by Gasteiger charge is 1.99. The van der Waals surface area contributed by atoms with Gasteiger partial charge in [0, 0.05) is 19.4 Å². The van der Waals surface area contributed by atoms with Gasteiger partial charge in [-0.15, -0.1) is 0 Å². The molecule has 68 valence electrons. The molecule has 0 saturated carbocycles. The first-order chi connectivity index (χ1) is 6.20. The van der Waals surface area contributed by atoms with Crippen molar-refractivity contribution < 1.29 is 9.90 Å². The van der Waals surface area contributed by atoms with E-state index >= 15 is 0 Å². The zero-order valence-electron chi connectivity index (χ0n) is 7.08. The first-order valence-corrected chi connectivity index (χ1v) is 3.61. The van der Waals surface area contributed by atoms with Gasteiger partial charge in [-0.25, -0.2) is 9.80 Å². The van der Waals surface area contributed by atoms with Crippen molar-refractivity contribution >= 4 is 12.3 Å². The summed E-state index contributed by atoms with van der Waals surface area (Å²) >= 11 is 0. The fourth-order valence-corrected chi connectivity index (χ4v) is 0.652. The molecule has 1 aromatic rings. The highest BCUT2D eigenvalue weighted by molar-refractivity contribution is 5.80. The average molecular weight is 179 g/mol. The summed E-state index contributed by atoms with van der Waals surface area (Å²) in [6, 6.07) is 3.47. The zero-order chi connectivity index (χ0) is 9.68. The highest BCUT2D eigenvalue weighted by atomic mass is 16.4. The van der Waals surface area contributed by atoms with Gasteiger partial charge in [-0.2, -0.15) is 5.10 Å². The molecule has 5 nitrogen and oxygen atoms in total. The fourth-order valence-electron chi connectivity index (χ4n) is 0.652. The normalized spacial score (nSPS) is 10.2. The maximum Gasteiger partial charge on any atom is 0.427 e. The van der Waals surface area contributed by atoms with E-state index in [4.69, 9.17) is 5.11 Å². The number of hydrogen-bond acceptors (Lipinski definition) is 3. The lowest BCUT2D eigenvalue weighted by atomic mass is 10.3. The van der Waals surface area contributed by atoms with Gasteiger partial charge in [-0.1, -0.05) is 0 Å². The van der Waals surface area contributed by atoms with Gasteiger partial charge in [0.15, 0.2) is 0 Å². The molecule has 1 heterocycles. The Bertz CT molecular complexity index is 310. The molecule has 0 radical (unpaired) electrons. The second kappa shape index (κ2) is 4.20. The summed E-state index contributed by atoms with van der Waals surface area (Å²) in [4.78, 5) is 14.1. The number of rotatable bonds is 2. The van der Waals surface area contributed by atoms with Crippen LogP contribution >= 0.6 is 0 Å². The lowest BCUT2D eigenvalue weighted by molar-refractivity contribution is 0.158. The van der Waals surface area contributed by atoms with Crippen LogP contribution in [0.2, 0.25) is 0 Å². The number of pyridine rings is 1. The predicted molar refractivity (Wildman–Crippen MR) is 47.6 cm³/mol. The summed E-state index contributed by atoms with van der Waals surface area (Å²) in [5.41, 5.74) is 0.808. The van der Waals surface area contributed by atoms with Crippen molar-refractivity contribution in [2.24, 2.45) is 5.10 Å². The molecule has 13 heavy (non-hydrogen) atoms. The molecule has 0 aliphatic carbocycles. The number of nitrogens with zero attached hydrogens (tertiary/aromatic N) is 3. The van der Waals surface area contributed by atoms with E-state index in [0.29, 0.717) is 0 Å². The number of hydrogen-bond donors (Lipinski definition) is 1. The predicted octanol–water partition coefficient (Wildman–Crippen LogP) is 1.03. The zero-order valence-corrected chi connectivity index (χ0v) is 7.08. The third kappa shape index (κ3) is 2.90. The van der Waals surface area contributed by atoms with E-state index in [1.165, 1.54) is 13.3 Å². The number of hydrazone groups is 1. The SMILES string of the molecule is CN(/N=C/c1ccncc1)C(=O)O. The number of carboxylic acid groups (broad SMARTS) is 1. The van der Waals surface area contributed by atoms with Gasteiger partial charge in [0.2, 0.25) is 0 Å². The molecule has 0 aromatic carbocycles. The second-order valence-electron chi connectivity index (χ2n) is 2.33. The maximum absolute atomic E-state index is 10.3. The molecular formula is C8H9N3O2. The Morgan fingerprint density at radius 1 is 1.62 bits per heavy atom. The lowest BCUT2D eigenvalue weighted by Gasteiger charge is -2.03. The Kier molecular flexibility index (Phi) is 2.97. The minimum atomic E-state index is -1.09. The molecule has 1 rings (SSSR count). The fraction of sp³-hybridized carbons (Fsp3) is 0.125. The van der Waals surface area contributed by atoms with E-state index in [-0.39, 0.29) is 0 Å². The van der Waals surface area contributed by atoms with Crippen LogP contribution in [0.25, 0.3) is 0 Å². The van der Waals surface area contributed by atoms with Gasteiger partial charge >= 0.3 is 6.09 Å². The average Bonchev–Trinajstić information content (AvgIpc) is 2.15. The number of amides is 1. The molecule has 0 aliphatic heterocycles. The minimum Gasteiger partial charge on any atom is -0.464 e. The Balaban J connectivity index is 2.64.